The molecule has 1 aliphatic heterocycles. The molecule has 3 heterocycles. The molecule has 0 unspecified atom stereocenters. The minimum absolute atomic E-state index is 0.297. The standard InChI is InChI=1S/C21H29N5O2.C2H6/c1-3-16(18(22)4-2)10-14-27-15-20-24-25-21(28-20)17-8-12-26(13-9-17)19-7-5-6-11-23-19;1-2/h3-7,11,17H,8-10,12-15,22H2,1-2H3;1-2H3/b16-3-,18-4+;. The third-order valence-corrected chi connectivity index (χ3v) is 5.07. The van der Waals surface area contributed by atoms with Crippen LogP contribution in [0.2, 0.25) is 0 Å². The average molecular weight is 414 g/mol. The number of nitrogens with two attached hydrogens (primary N) is 1. The minimum atomic E-state index is 0.297. The van der Waals surface area contributed by atoms with Crippen LogP contribution in [0.3, 0.4) is 0 Å². The van der Waals surface area contributed by atoms with Crippen LogP contribution in [-0.2, 0) is 11.3 Å². The molecule has 0 spiro atoms. The Morgan fingerprint density at radius 1 is 1.20 bits per heavy atom. The van der Waals surface area contributed by atoms with Gasteiger partial charge in [-0.05, 0) is 50.8 Å². The third kappa shape index (κ3) is 6.69. The van der Waals surface area contributed by atoms with Gasteiger partial charge in [-0.1, -0.05) is 32.1 Å². The fourth-order valence-corrected chi connectivity index (χ4v) is 3.37. The molecule has 2 aromatic heterocycles. The maximum Gasteiger partial charge on any atom is 0.242 e. The highest BCUT2D eigenvalue weighted by Crippen LogP contribution is 2.29. The first-order valence-corrected chi connectivity index (χ1v) is 10.8. The van der Waals surface area contributed by atoms with E-state index in [0.29, 0.717) is 30.9 Å². The third-order valence-electron chi connectivity index (χ3n) is 5.07. The van der Waals surface area contributed by atoms with Gasteiger partial charge >= 0.3 is 0 Å². The van der Waals surface area contributed by atoms with Crippen LogP contribution in [0.5, 0.6) is 0 Å². The second-order valence-electron chi connectivity index (χ2n) is 6.84. The average Bonchev–Trinajstić information content (AvgIpc) is 3.29. The molecule has 3 rings (SSSR count). The zero-order valence-corrected chi connectivity index (χ0v) is 18.7. The Labute approximate surface area is 180 Å². The van der Waals surface area contributed by atoms with Crippen molar-refractivity contribution in [2.24, 2.45) is 5.73 Å². The number of piperidine rings is 1. The minimum Gasteiger partial charge on any atom is -0.422 e. The van der Waals surface area contributed by atoms with E-state index >= 15 is 0 Å². The molecular weight excluding hydrogens is 378 g/mol. The molecule has 0 aliphatic carbocycles. The maximum absolute atomic E-state index is 5.94. The van der Waals surface area contributed by atoms with E-state index in [2.05, 4.69) is 20.1 Å². The van der Waals surface area contributed by atoms with E-state index in [1.165, 1.54) is 0 Å². The van der Waals surface area contributed by atoms with Crippen molar-refractivity contribution in [2.75, 3.05) is 24.6 Å². The number of nitrogens with zero attached hydrogens (tertiary/aromatic N) is 4. The highest BCUT2D eigenvalue weighted by atomic mass is 16.5. The van der Waals surface area contributed by atoms with E-state index in [1.807, 2.05) is 64.2 Å². The summed E-state index contributed by atoms with van der Waals surface area (Å²) >= 11 is 0. The zero-order valence-electron chi connectivity index (χ0n) is 18.7. The summed E-state index contributed by atoms with van der Waals surface area (Å²) in [6.07, 6.45) is 8.47. The number of hydrogen-bond donors (Lipinski definition) is 1. The first-order chi connectivity index (χ1) is 14.7. The normalized spacial score (nSPS) is 15.7. The molecule has 0 atom stereocenters. The molecule has 164 valence electrons. The Kier molecular flexibility index (Phi) is 10.1. The molecule has 0 radical (unpaired) electrons. The summed E-state index contributed by atoms with van der Waals surface area (Å²) in [6.45, 7) is 10.7. The summed E-state index contributed by atoms with van der Waals surface area (Å²) < 4.78 is 11.5. The van der Waals surface area contributed by atoms with Crippen molar-refractivity contribution in [3.05, 3.63) is 59.6 Å². The number of hydrogen-bond acceptors (Lipinski definition) is 7. The van der Waals surface area contributed by atoms with Gasteiger partial charge in [-0.25, -0.2) is 4.98 Å². The number of rotatable bonds is 8. The molecule has 1 aliphatic rings. The van der Waals surface area contributed by atoms with Crippen molar-refractivity contribution in [1.82, 2.24) is 15.2 Å². The summed E-state index contributed by atoms with van der Waals surface area (Å²) in [5.74, 6) is 2.57. The van der Waals surface area contributed by atoms with Crippen LogP contribution in [0.4, 0.5) is 5.82 Å². The first kappa shape index (κ1) is 23.6. The van der Waals surface area contributed by atoms with Crippen LogP contribution in [-0.4, -0.2) is 34.9 Å². The predicted molar refractivity (Wildman–Crippen MR) is 120 cm³/mol. The quantitative estimate of drug-likeness (QED) is 0.500. The second kappa shape index (κ2) is 12.8. The maximum atomic E-state index is 5.94. The summed E-state index contributed by atoms with van der Waals surface area (Å²) in [7, 11) is 0. The number of allylic oxidation sites excluding steroid dienone is 3. The van der Waals surface area contributed by atoms with Gasteiger partial charge in [-0.3, -0.25) is 0 Å². The molecule has 30 heavy (non-hydrogen) atoms. The van der Waals surface area contributed by atoms with E-state index in [4.69, 9.17) is 14.9 Å². The summed E-state index contributed by atoms with van der Waals surface area (Å²) in [5, 5.41) is 8.38. The number of aromatic nitrogens is 3. The lowest BCUT2D eigenvalue weighted by Gasteiger charge is -2.31. The van der Waals surface area contributed by atoms with Gasteiger partial charge in [0, 0.05) is 30.9 Å². The van der Waals surface area contributed by atoms with Gasteiger partial charge in [0.1, 0.15) is 12.4 Å². The van der Waals surface area contributed by atoms with Crippen LogP contribution in [0.25, 0.3) is 0 Å². The van der Waals surface area contributed by atoms with Crippen molar-refractivity contribution >= 4 is 5.82 Å². The molecular formula is C23H35N5O2. The van der Waals surface area contributed by atoms with Gasteiger partial charge in [-0.15, -0.1) is 10.2 Å². The van der Waals surface area contributed by atoms with Gasteiger partial charge in [0.15, 0.2) is 0 Å². The lowest BCUT2D eigenvalue weighted by molar-refractivity contribution is 0.104. The lowest BCUT2D eigenvalue weighted by atomic mass is 9.97. The topological polar surface area (TPSA) is 90.3 Å². The van der Waals surface area contributed by atoms with Crippen LogP contribution in [0.1, 0.15) is 64.7 Å². The number of ether oxygens (including phenoxy) is 1. The highest BCUT2D eigenvalue weighted by Gasteiger charge is 2.25. The monoisotopic (exact) mass is 413 g/mol. The lowest BCUT2D eigenvalue weighted by Crippen LogP contribution is -2.33. The van der Waals surface area contributed by atoms with Crippen LogP contribution >= 0.6 is 0 Å². The number of pyridine rings is 1. The largest absolute Gasteiger partial charge is 0.422 e. The van der Waals surface area contributed by atoms with Crippen LogP contribution in [0.15, 0.2) is 52.2 Å². The molecule has 1 saturated heterocycles. The molecule has 0 saturated carbocycles. The second-order valence-corrected chi connectivity index (χ2v) is 6.84. The molecule has 1 fully saturated rings. The van der Waals surface area contributed by atoms with Gasteiger partial charge in [0.05, 0.1) is 6.61 Å². The number of anilines is 1. The molecule has 2 aromatic rings. The first-order valence-electron chi connectivity index (χ1n) is 10.8. The van der Waals surface area contributed by atoms with Crippen molar-refractivity contribution in [2.45, 2.75) is 59.5 Å². The Morgan fingerprint density at radius 2 is 1.97 bits per heavy atom. The smallest absolute Gasteiger partial charge is 0.242 e. The van der Waals surface area contributed by atoms with E-state index in [0.717, 1.165) is 49.4 Å². The van der Waals surface area contributed by atoms with E-state index in [-0.39, 0.29) is 0 Å². The van der Waals surface area contributed by atoms with E-state index in [1.54, 1.807) is 0 Å². The molecule has 7 nitrogen and oxygen atoms in total. The fourth-order valence-electron chi connectivity index (χ4n) is 3.37. The predicted octanol–water partition coefficient (Wildman–Crippen LogP) is 4.59. The van der Waals surface area contributed by atoms with Gasteiger partial charge in [0.25, 0.3) is 0 Å². The highest BCUT2D eigenvalue weighted by molar-refractivity contribution is 5.38. The molecule has 0 bridgehead atoms. The Morgan fingerprint density at radius 3 is 2.60 bits per heavy atom. The van der Waals surface area contributed by atoms with Crippen molar-refractivity contribution in [1.29, 1.82) is 0 Å². The fraction of sp³-hybridized carbons (Fsp3) is 0.522. The van der Waals surface area contributed by atoms with Crippen molar-refractivity contribution < 1.29 is 9.15 Å². The summed E-state index contributed by atoms with van der Waals surface area (Å²) in [5.41, 5.74) is 7.83. The van der Waals surface area contributed by atoms with Gasteiger partial charge in [-0.2, -0.15) is 0 Å². The van der Waals surface area contributed by atoms with Crippen molar-refractivity contribution in [3.63, 3.8) is 0 Å². The SMILES string of the molecule is C/C=C(CCOCc1nnc(C2CCN(c3ccccn3)CC2)o1)\C(N)=C/C.CC. The molecule has 7 heteroatoms. The zero-order chi connectivity index (χ0) is 21.8. The van der Waals surface area contributed by atoms with Crippen LogP contribution < -0.4 is 10.6 Å². The van der Waals surface area contributed by atoms with E-state index in [9.17, 15) is 0 Å². The van der Waals surface area contributed by atoms with Crippen LogP contribution in [0, 0.1) is 0 Å². The Bertz CT molecular complexity index is 793. The molecule has 0 amide bonds. The van der Waals surface area contributed by atoms with Crippen molar-refractivity contribution in [3.8, 4) is 0 Å². The summed E-state index contributed by atoms with van der Waals surface area (Å²) in [4.78, 5) is 6.72. The molecule has 2 N–H and O–H groups in total. The molecule has 0 aromatic carbocycles. The Balaban J connectivity index is 0.00000155. The Hall–Kier alpha value is -2.67. The van der Waals surface area contributed by atoms with Gasteiger partial charge < -0.3 is 19.8 Å². The summed E-state index contributed by atoms with van der Waals surface area (Å²) in [6, 6.07) is 6.00. The van der Waals surface area contributed by atoms with E-state index < -0.39 is 0 Å². The van der Waals surface area contributed by atoms with Gasteiger partial charge in [0.2, 0.25) is 11.8 Å².